The molecule has 0 aromatic rings. The molecule has 0 aromatic carbocycles. The smallest absolute Gasteiger partial charge is 0.211 e. The largest absolute Gasteiger partial charge is 0.328 e. The van der Waals surface area contributed by atoms with Crippen LogP contribution in [0.5, 0.6) is 0 Å². The van der Waals surface area contributed by atoms with Crippen molar-refractivity contribution in [2.45, 2.75) is 25.8 Å². The third-order valence-electron chi connectivity index (χ3n) is 2.71. The van der Waals surface area contributed by atoms with Crippen molar-refractivity contribution >= 4 is 10.0 Å². The Morgan fingerprint density at radius 2 is 1.85 bits per heavy atom. The van der Waals surface area contributed by atoms with E-state index in [1.807, 2.05) is 6.92 Å². The molecule has 0 bridgehead atoms. The lowest BCUT2D eigenvalue weighted by Gasteiger charge is -2.31. The molecule has 0 amide bonds. The van der Waals surface area contributed by atoms with Crippen LogP contribution < -0.4 is 5.73 Å². The number of nitrogens with zero attached hydrogens (tertiary/aromatic N) is 1. The summed E-state index contributed by atoms with van der Waals surface area (Å²) in [6.07, 6.45) is 3.05. The van der Waals surface area contributed by atoms with Crippen LogP contribution in [-0.4, -0.2) is 38.1 Å². The van der Waals surface area contributed by atoms with E-state index in [-0.39, 0.29) is 6.04 Å². The minimum absolute atomic E-state index is 0.182. The normalized spacial score (nSPS) is 24.5. The number of nitrogens with two attached hydrogens (primary N) is 1. The van der Waals surface area contributed by atoms with E-state index in [9.17, 15) is 8.42 Å². The highest BCUT2D eigenvalue weighted by molar-refractivity contribution is 7.88. The van der Waals surface area contributed by atoms with E-state index in [2.05, 4.69) is 0 Å². The Morgan fingerprint density at radius 3 is 2.15 bits per heavy atom. The summed E-state index contributed by atoms with van der Waals surface area (Å²) in [7, 11) is -2.98. The Balaban J connectivity index is 2.49. The van der Waals surface area contributed by atoms with Crippen molar-refractivity contribution in [3.8, 4) is 0 Å². The van der Waals surface area contributed by atoms with Crippen molar-refractivity contribution in [1.82, 2.24) is 4.31 Å². The second-order valence-corrected chi connectivity index (χ2v) is 5.84. The van der Waals surface area contributed by atoms with Gasteiger partial charge in [0.05, 0.1) is 6.26 Å². The monoisotopic (exact) mass is 206 g/mol. The summed E-state index contributed by atoms with van der Waals surface area (Å²) in [5.74, 6) is 0.484. The summed E-state index contributed by atoms with van der Waals surface area (Å²) < 4.78 is 23.8. The molecule has 0 saturated carbocycles. The third kappa shape index (κ3) is 2.93. The first-order valence-corrected chi connectivity index (χ1v) is 6.47. The van der Waals surface area contributed by atoms with Gasteiger partial charge in [-0.1, -0.05) is 0 Å². The van der Waals surface area contributed by atoms with E-state index in [0.717, 1.165) is 12.8 Å². The molecule has 0 aliphatic carbocycles. The molecule has 1 heterocycles. The van der Waals surface area contributed by atoms with Crippen LogP contribution in [0.25, 0.3) is 0 Å². The third-order valence-corrected chi connectivity index (χ3v) is 4.01. The van der Waals surface area contributed by atoms with Gasteiger partial charge >= 0.3 is 0 Å². The van der Waals surface area contributed by atoms with E-state index in [1.54, 1.807) is 0 Å². The van der Waals surface area contributed by atoms with Gasteiger partial charge in [-0.05, 0) is 25.7 Å². The summed E-state index contributed by atoms with van der Waals surface area (Å²) in [4.78, 5) is 0. The molecule has 2 N–H and O–H groups in total. The van der Waals surface area contributed by atoms with Gasteiger partial charge in [0.2, 0.25) is 10.0 Å². The Hall–Kier alpha value is -0.130. The van der Waals surface area contributed by atoms with Crippen LogP contribution in [0.2, 0.25) is 0 Å². The fraction of sp³-hybridized carbons (Fsp3) is 1.00. The Labute approximate surface area is 80.1 Å². The van der Waals surface area contributed by atoms with Crippen LogP contribution in [0.15, 0.2) is 0 Å². The first-order valence-electron chi connectivity index (χ1n) is 4.62. The minimum Gasteiger partial charge on any atom is -0.328 e. The lowest BCUT2D eigenvalue weighted by atomic mass is 9.92. The average molecular weight is 206 g/mol. The molecule has 13 heavy (non-hydrogen) atoms. The fourth-order valence-corrected chi connectivity index (χ4v) is 2.61. The number of sulfonamides is 1. The standard InChI is InChI=1S/C8H18N2O2S/c1-7(9)8-3-5-10(6-4-8)13(2,11)12/h7-8H,3-6,9H2,1-2H3. The molecule has 0 spiro atoms. The van der Waals surface area contributed by atoms with Gasteiger partial charge in [0.1, 0.15) is 0 Å². The molecule has 0 aromatic heterocycles. The molecule has 5 heteroatoms. The van der Waals surface area contributed by atoms with Gasteiger partial charge < -0.3 is 5.73 Å². The first-order chi connectivity index (χ1) is 5.91. The van der Waals surface area contributed by atoms with Crippen molar-refractivity contribution in [2.75, 3.05) is 19.3 Å². The van der Waals surface area contributed by atoms with Crippen molar-refractivity contribution in [3.63, 3.8) is 0 Å². The quantitative estimate of drug-likeness (QED) is 0.692. The molecular weight excluding hydrogens is 188 g/mol. The molecule has 1 saturated heterocycles. The molecule has 1 atom stereocenters. The van der Waals surface area contributed by atoms with Gasteiger partial charge in [-0.25, -0.2) is 12.7 Å². The Kier molecular flexibility index (Phi) is 3.32. The molecule has 78 valence electrons. The maximum atomic E-state index is 11.2. The van der Waals surface area contributed by atoms with E-state index in [1.165, 1.54) is 10.6 Å². The topological polar surface area (TPSA) is 63.4 Å². The zero-order valence-electron chi connectivity index (χ0n) is 8.23. The first kappa shape index (κ1) is 10.9. The second kappa shape index (κ2) is 3.94. The molecule has 1 aliphatic rings. The SMILES string of the molecule is CC(N)C1CCN(S(C)(=O)=O)CC1. The van der Waals surface area contributed by atoms with Crippen LogP contribution >= 0.6 is 0 Å². The van der Waals surface area contributed by atoms with E-state index in [0.29, 0.717) is 19.0 Å². The van der Waals surface area contributed by atoms with Crippen molar-refractivity contribution < 1.29 is 8.42 Å². The second-order valence-electron chi connectivity index (χ2n) is 3.86. The summed E-state index contributed by atoms with van der Waals surface area (Å²) in [6.45, 7) is 3.25. The summed E-state index contributed by atoms with van der Waals surface area (Å²) in [6, 6.07) is 0.182. The van der Waals surface area contributed by atoms with Gasteiger partial charge in [-0.15, -0.1) is 0 Å². The van der Waals surface area contributed by atoms with Crippen LogP contribution in [-0.2, 0) is 10.0 Å². The van der Waals surface area contributed by atoms with Gasteiger partial charge in [-0.2, -0.15) is 0 Å². The predicted molar refractivity (Wildman–Crippen MR) is 52.8 cm³/mol. The van der Waals surface area contributed by atoms with Crippen LogP contribution in [0, 0.1) is 5.92 Å². The molecule has 1 rings (SSSR count). The summed E-state index contributed by atoms with van der Waals surface area (Å²) >= 11 is 0. The molecule has 1 unspecified atom stereocenters. The molecular formula is C8H18N2O2S. The van der Waals surface area contributed by atoms with Crippen LogP contribution in [0.3, 0.4) is 0 Å². The summed E-state index contributed by atoms with van der Waals surface area (Å²) in [5, 5.41) is 0. The Bertz CT molecular complexity index is 253. The zero-order chi connectivity index (χ0) is 10.1. The van der Waals surface area contributed by atoms with E-state index in [4.69, 9.17) is 5.73 Å². The van der Waals surface area contributed by atoms with E-state index < -0.39 is 10.0 Å². The zero-order valence-corrected chi connectivity index (χ0v) is 9.05. The van der Waals surface area contributed by atoms with E-state index >= 15 is 0 Å². The number of rotatable bonds is 2. The highest BCUT2D eigenvalue weighted by atomic mass is 32.2. The molecule has 0 radical (unpaired) electrons. The number of piperidine rings is 1. The molecule has 1 fully saturated rings. The van der Waals surface area contributed by atoms with Crippen LogP contribution in [0.1, 0.15) is 19.8 Å². The lowest BCUT2D eigenvalue weighted by Crippen LogP contribution is -2.42. The van der Waals surface area contributed by atoms with Gasteiger partial charge in [0.15, 0.2) is 0 Å². The molecule has 1 aliphatic heterocycles. The summed E-state index contributed by atoms with van der Waals surface area (Å²) in [5.41, 5.74) is 5.75. The van der Waals surface area contributed by atoms with Gasteiger partial charge in [-0.3, -0.25) is 0 Å². The minimum atomic E-state index is -2.98. The average Bonchev–Trinajstić information content (AvgIpc) is 2.03. The number of hydrogen-bond acceptors (Lipinski definition) is 3. The van der Waals surface area contributed by atoms with Crippen LogP contribution in [0.4, 0.5) is 0 Å². The lowest BCUT2D eigenvalue weighted by molar-refractivity contribution is 0.252. The number of hydrogen-bond donors (Lipinski definition) is 1. The van der Waals surface area contributed by atoms with Crippen molar-refractivity contribution in [1.29, 1.82) is 0 Å². The molecule has 4 nitrogen and oxygen atoms in total. The Morgan fingerprint density at radius 1 is 1.38 bits per heavy atom. The van der Waals surface area contributed by atoms with Gasteiger partial charge in [0, 0.05) is 19.1 Å². The highest BCUT2D eigenvalue weighted by Gasteiger charge is 2.26. The predicted octanol–water partition coefficient (Wildman–Crippen LogP) is 0.00520. The maximum Gasteiger partial charge on any atom is 0.211 e. The van der Waals surface area contributed by atoms with Crippen molar-refractivity contribution in [3.05, 3.63) is 0 Å². The van der Waals surface area contributed by atoms with Crippen molar-refractivity contribution in [2.24, 2.45) is 11.7 Å². The maximum absolute atomic E-state index is 11.2. The van der Waals surface area contributed by atoms with Gasteiger partial charge in [0.25, 0.3) is 0 Å². The fourth-order valence-electron chi connectivity index (χ4n) is 1.73. The highest BCUT2D eigenvalue weighted by Crippen LogP contribution is 2.20.